The lowest BCUT2D eigenvalue weighted by atomic mass is 10.3. The van der Waals surface area contributed by atoms with Gasteiger partial charge in [-0.2, -0.15) is 5.11 Å². The summed E-state index contributed by atoms with van der Waals surface area (Å²) in [6.07, 6.45) is 0. The first-order valence-electron chi connectivity index (χ1n) is 4.75. The topological polar surface area (TPSA) is 37.2 Å². The van der Waals surface area contributed by atoms with Crippen molar-refractivity contribution in [1.82, 2.24) is 5.01 Å². The monoisotopic (exact) mass is 191 g/mol. The quantitative estimate of drug-likeness (QED) is 0.727. The van der Waals surface area contributed by atoms with Crippen molar-refractivity contribution in [1.29, 1.82) is 0 Å². The summed E-state index contributed by atoms with van der Waals surface area (Å²) >= 11 is 0. The zero-order valence-electron chi connectivity index (χ0n) is 7.97. The molecular formula is C10H13N3O. The molecule has 1 heterocycles. The van der Waals surface area contributed by atoms with Crippen LogP contribution in [-0.2, 0) is 0 Å². The first-order valence-corrected chi connectivity index (χ1v) is 4.75. The second-order valence-corrected chi connectivity index (χ2v) is 3.07. The molecule has 0 unspecified atom stereocenters. The van der Waals surface area contributed by atoms with Crippen molar-refractivity contribution in [3.63, 3.8) is 0 Å². The summed E-state index contributed by atoms with van der Waals surface area (Å²) in [5.41, 5.74) is 0. The second-order valence-electron chi connectivity index (χ2n) is 3.07. The second kappa shape index (κ2) is 4.60. The van der Waals surface area contributed by atoms with E-state index < -0.39 is 0 Å². The molecule has 0 atom stereocenters. The molecule has 0 aliphatic carbocycles. The van der Waals surface area contributed by atoms with Crippen molar-refractivity contribution in [3.8, 4) is 5.75 Å². The van der Waals surface area contributed by atoms with Gasteiger partial charge in [-0.1, -0.05) is 23.4 Å². The molecule has 0 aromatic heterocycles. The van der Waals surface area contributed by atoms with Crippen molar-refractivity contribution in [2.24, 2.45) is 10.3 Å². The maximum Gasteiger partial charge on any atom is 0.119 e. The zero-order chi connectivity index (χ0) is 9.64. The van der Waals surface area contributed by atoms with E-state index in [1.165, 1.54) is 0 Å². The molecule has 0 N–H and O–H groups in total. The van der Waals surface area contributed by atoms with Crippen molar-refractivity contribution in [2.75, 3.05) is 26.2 Å². The highest BCUT2D eigenvalue weighted by atomic mass is 16.5. The van der Waals surface area contributed by atoms with Crippen LogP contribution in [0.5, 0.6) is 5.75 Å². The van der Waals surface area contributed by atoms with E-state index in [0.29, 0.717) is 6.61 Å². The lowest BCUT2D eigenvalue weighted by molar-refractivity contribution is 0.229. The zero-order valence-corrected chi connectivity index (χ0v) is 7.97. The molecule has 1 aromatic rings. The van der Waals surface area contributed by atoms with Gasteiger partial charge in [-0.3, -0.25) is 5.01 Å². The molecule has 0 saturated carbocycles. The van der Waals surface area contributed by atoms with Gasteiger partial charge in [-0.05, 0) is 12.1 Å². The van der Waals surface area contributed by atoms with Crippen LogP contribution in [0.1, 0.15) is 0 Å². The van der Waals surface area contributed by atoms with E-state index in [1.54, 1.807) is 0 Å². The lowest BCUT2D eigenvalue weighted by Gasteiger charge is -2.12. The molecule has 1 aliphatic heterocycles. The fraction of sp³-hybridized carbons (Fsp3) is 0.400. The average Bonchev–Trinajstić information content (AvgIpc) is 2.72. The summed E-state index contributed by atoms with van der Waals surface area (Å²) in [4.78, 5) is 0. The van der Waals surface area contributed by atoms with E-state index in [9.17, 15) is 0 Å². The summed E-state index contributed by atoms with van der Waals surface area (Å²) in [5.74, 6) is 0.906. The summed E-state index contributed by atoms with van der Waals surface area (Å²) < 4.78 is 5.52. The van der Waals surface area contributed by atoms with Crippen LogP contribution >= 0.6 is 0 Å². The Labute approximate surface area is 83.2 Å². The van der Waals surface area contributed by atoms with E-state index in [2.05, 4.69) is 10.3 Å². The van der Waals surface area contributed by atoms with Gasteiger partial charge in [-0.25, -0.2) is 0 Å². The third-order valence-electron chi connectivity index (χ3n) is 2.01. The van der Waals surface area contributed by atoms with Crippen LogP contribution in [0.25, 0.3) is 0 Å². The Hall–Kier alpha value is -1.58. The maximum absolute atomic E-state index is 5.52. The Morgan fingerprint density at radius 3 is 2.86 bits per heavy atom. The van der Waals surface area contributed by atoms with Gasteiger partial charge < -0.3 is 4.74 Å². The Bertz CT molecular complexity index is 299. The van der Waals surface area contributed by atoms with Crippen molar-refractivity contribution < 1.29 is 4.74 Å². The van der Waals surface area contributed by atoms with Gasteiger partial charge in [0.15, 0.2) is 0 Å². The summed E-state index contributed by atoms with van der Waals surface area (Å²) in [6.45, 7) is 3.19. The number of rotatable bonds is 4. The third kappa shape index (κ3) is 2.45. The van der Waals surface area contributed by atoms with Gasteiger partial charge in [0.25, 0.3) is 0 Å². The first kappa shape index (κ1) is 8.99. The number of benzene rings is 1. The fourth-order valence-corrected chi connectivity index (χ4v) is 1.28. The van der Waals surface area contributed by atoms with Gasteiger partial charge in [0.1, 0.15) is 12.4 Å². The highest BCUT2D eigenvalue weighted by Gasteiger charge is 2.05. The standard InChI is InChI=1S/C10H13N3O/c1-2-4-10(5-3-1)14-9-8-13-7-6-11-12-13/h1-5H,6-9H2. The van der Waals surface area contributed by atoms with Crippen LogP contribution in [0.4, 0.5) is 0 Å². The Balaban J connectivity index is 1.70. The maximum atomic E-state index is 5.52. The van der Waals surface area contributed by atoms with E-state index in [4.69, 9.17) is 4.74 Å². The lowest BCUT2D eigenvalue weighted by Crippen LogP contribution is -2.22. The molecule has 4 nitrogen and oxygen atoms in total. The number of para-hydroxylation sites is 1. The number of hydrogen-bond acceptors (Lipinski definition) is 4. The van der Waals surface area contributed by atoms with Crippen LogP contribution < -0.4 is 4.74 Å². The number of hydrogen-bond donors (Lipinski definition) is 0. The van der Waals surface area contributed by atoms with Gasteiger partial charge in [0.2, 0.25) is 0 Å². The number of nitrogens with zero attached hydrogens (tertiary/aromatic N) is 3. The molecule has 0 fully saturated rings. The highest BCUT2D eigenvalue weighted by molar-refractivity contribution is 5.20. The van der Waals surface area contributed by atoms with Crippen molar-refractivity contribution in [3.05, 3.63) is 30.3 Å². The smallest absolute Gasteiger partial charge is 0.119 e. The summed E-state index contributed by atoms with van der Waals surface area (Å²) in [5, 5.41) is 9.75. The van der Waals surface area contributed by atoms with E-state index in [-0.39, 0.29) is 0 Å². The predicted molar refractivity (Wildman–Crippen MR) is 53.2 cm³/mol. The number of ether oxygens (including phenoxy) is 1. The van der Waals surface area contributed by atoms with E-state index in [0.717, 1.165) is 25.4 Å². The molecule has 0 amide bonds. The first-order chi connectivity index (χ1) is 6.95. The molecule has 0 bridgehead atoms. The third-order valence-corrected chi connectivity index (χ3v) is 2.01. The van der Waals surface area contributed by atoms with Crippen LogP contribution in [0.3, 0.4) is 0 Å². The van der Waals surface area contributed by atoms with Crippen LogP contribution in [0.2, 0.25) is 0 Å². The predicted octanol–water partition coefficient (Wildman–Crippen LogP) is 1.75. The molecule has 1 aromatic carbocycles. The minimum absolute atomic E-state index is 0.656. The molecule has 74 valence electrons. The van der Waals surface area contributed by atoms with Crippen LogP contribution in [0, 0.1) is 0 Å². The Morgan fingerprint density at radius 2 is 2.14 bits per heavy atom. The molecule has 0 spiro atoms. The summed E-state index contributed by atoms with van der Waals surface area (Å²) in [6, 6.07) is 9.80. The summed E-state index contributed by atoms with van der Waals surface area (Å²) in [7, 11) is 0. The van der Waals surface area contributed by atoms with Gasteiger partial charge in [0.05, 0.1) is 19.6 Å². The average molecular weight is 191 g/mol. The highest BCUT2D eigenvalue weighted by Crippen LogP contribution is 2.08. The normalized spacial score (nSPS) is 14.7. The van der Waals surface area contributed by atoms with E-state index >= 15 is 0 Å². The van der Waals surface area contributed by atoms with Gasteiger partial charge >= 0.3 is 0 Å². The Kier molecular flexibility index (Phi) is 2.95. The van der Waals surface area contributed by atoms with Gasteiger partial charge in [0, 0.05) is 0 Å². The Morgan fingerprint density at radius 1 is 1.29 bits per heavy atom. The van der Waals surface area contributed by atoms with Crippen molar-refractivity contribution >= 4 is 0 Å². The molecular weight excluding hydrogens is 178 g/mol. The largest absolute Gasteiger partial charge is 0.492 e. The SMILES string of the molecule is c1ccc(OCCN2CCN=N2)cc1. The molecule has 14 heavy (non-hydrogen) atoms. The van der Waals surface area contributed by atoms with E-state index in [1.807, 2.05) is 35.3 Å². The molecule has 0 saturated heterocycles. The molecule has 1 aliphatic rings. The minimum Gasteiger partial charge on any atom is -0.492 e. The molecule has 2 rings (SSSR count). The van der Waals surface area contributed by atoms with Crippen LogP contribution in [0.15, 0.2) is 40.7 Å². The molecule has 4 heteroatoms. The van der Waals surface area contributed by atoms with Gasteiger partial charge in [-0.15, -0.1) is 0 Å². The van der Waals surface area contributed by atoms with Crippen molar-refractivity contribution in [2.45, 2.75) is 0 Å². The van der Waals surface area contributed by atoms with Crippen LogP contribution in [-0.4, -0.2) is 31.3 Å². The molecule has 0 radical (unpaired) electrons. The fourth-order valence-electron chi connectivity index (χ4n) is 1.28. The minimum atomic E-state index is 0.656.